The largest absolute Gasteiger partial charge is 0.351 e. The van der Waals surface area contributed by atoms with E-state index in [2.05, 4.69) is 12.2 Å². The van der Waals surface area contributed by atoms with Crippen molar-refractivity contribution >= 4 is 16.9 Å². The van der Waals surface area contributed by atoms with E-state index in [1.54, 1.807) is 4.57 Å². The molecule has 4 aliphatic carbocycles. The summed E-state index contributed by atoms with van der Waals surface area (Å²) in [4.78, 5) is 25.7. The van der Waals surface area contributed by atoms with Crippen molar-refractivity contribution in [3.8, 4) is 0 Å². The van der Waals surface area contributed by atoms with Gasteiger partial charge < -0.3 is 5.32 Å². The van der Waals surface area contributed by atoms with Crippen LogP contribution in [-0.2, 0) is 17.9 Å². The number of amides is 1. The van der Waals surface area contributed by atoms with Crippen LogP contribution in [0.25, 0.3) is 11.0 Å². The van der Waals surface area contributed by atoms with Gasteiger partial charge in [-0.1, -0.05) is 19.1 Å². The first-order valence-electron chi connectivity index (χ1n) is 11.1. The standard InChI is InChI=1S/C23H31N3O2/c1-2-8-25-19-5-3-4-6-20(19)26(22(25)28)9-7-21(27)24-23-13-16-10-17(14-23)12-18(11-16)15-23/h3-6,16-18H,2,7-15H2,1H3,(H,24,27). The Kier molecular flexibility index (Phi) is 4.37. The van der Waals surface area contributed by atoms with Crippen molar-refractivity contribution in [1.82, 2.24) is 14.5 Å². The molecule has 1 heterocycles. The molecule has 0 unspecified atom stereocenters. The molecule has 2 aromatic rings. The molecular weight excluding hydrogens is 350 g/mol. The minimum absolute atomic E-state index is 0.00524. The van der Waals surface area contributed by atoms with E-state index in [9.17, 15) is 9.59 Å². The average molecular weight is 382 g/mol. The molecule has 4 saturated carbocycles. The number of rotatable bonds is 6. The van der Waals surface area contributed by atoms with Gasteiger partial charge in [0, 0.05) is 25.0 Å². The fourth-order valence-electron chi connectivity index (χ4n) is 6.76. The van der Waals surface area contributed by atoms with Gasteiger partial charge in [0.25, 0.3) is 0 Å². The first-order valence-corrected chi connectivity index (χ1v) is 11.1. The second-order valence-corrected chi connectivity index (χ2v) is 9.57. The Morgan fingerprint density at radius 2 is 1.54 bits per heavy atom. The Morgan fingerprint density at radius 3 is 2.07 bits per heavy atom. The number of benzene rings is 1. The van der Waals surface area contributed by atoms with Crippen LogP contribution in [0.4, 0.5) is 0 Å². The molecule has 1 aromatic carbocycles. The summed E-state index contributed by atoms with van der Waals surface area (Å²) in [6.45, 7) is 3.25. The summed E-state index contributed by atoms with van der Waals surface area (Å²) < 4.78 is 3.62. The SMILES string of the molecule is CCCn1c(=O)n(CCC(=O)NC23CC4CC(CC(C4)C2)C3)c2ccccc21. The zero-order valence-corrected chi connectivity index (χ0v) is 16.8. The number of carbonyl (C=O) groups is 1. The molecule has 5 heteroatoms. The van der Waals surface area contributed by atoms with Crippen molar-refractivity contribution in [2.24, 2.45) is 17.8 Å². The third-order valence-electron chi connectivity index (χ3n) is 7.38. The second kappa shape index (κ2) is 6.78. The van der Waals surface area contributed by atoms with E-state index >= 15 is 0 Å². The molecule has 4 bridgehead atoms. The fourth-order valence-corrected chi connectivity index (χ4v) is 6.76. The minimum atomic E-state index is 0.00524. The lowest BCUT2D eigenvalue weighted by Crippen LogP contribution is -2.59. The van der Waals surface area contributed by atoms with E-state index in [-0.39, 0.29) is 17.1 Å². The lowest BCUT2D eigenvalue weighted by atomic mass is 9.53. The molecule has 150 valence electrons. The molecule has 0 radical (unpaired) electrons. The normalized spacial score (nSPS) is 30.8. The highest BCUT2D eigenvalue weighted by Gasteiger charge is 2.51. The topological polar surface area (TPSA) is 56.0 Å². The summed E-state index contributed by atoms with van der Waals surface area (Å²) in [5, 5.41) is 3.43. The molecule has 1 N–H and O–H groups in total. The summed E-state index contributed by atoms with van der Waals surface area (Å²) >= 11 is 0. The summed E-state index contributed by atoms with van der Waals surface area (Å²) in [7, 11) is 0. The van der Waals surface area contributed by atoms with Crippen LogP contribution >= 0.6 is 0 Å². The average Bonchev–Trinajstić information content (AvgIpc) is 2.90. The molecule has 4 aliphatic rings. The number of aromatic nitrogens is 2. The van der Waals surface area contributed by atoms with Crippen molar-refractivity contribution in [3.05, 3.63) is 34.7 Å². The third kappa shape index (κ3) is 2.99. The highest BCUT2D eigenvalue weighted by Crippen LogP contribution is 2.55. The molecular formula is C23H31N3O2. The molecule has 0 atom stereocenters. The van der Waals surface area contributed by atoms with Crippen LogP contribution in [0.15, 0.2) is 29.1 Å². The number of nitrogens with one attached hydrogen (secondary N) is 1. The monoisotopic (exact) mass is 381 g/mol. The lowest BCUT2D eigenvalue weighted by molar-refractivity contribution is -0.127. The van der Waals surface area contributed by atoms with Crippen molar-refractivity contribution in [3.63, 3.8) is 0 Å². The van der Waals surface area contributed by atoms with Crippen LogP contribution < -0.4 is 11.0 Å². The molecule has 4 fully saturated rings. The second-order valence-electron chi connectivity index (χ2n) is 9.57. The molecule has 0 saturated heterocycles. The van der Waals surface area contributed by atoms with Gasteiger partial charge in [-0.15, -0.1) is 0 Å². The maximum Gasteiger partial charge on any atom is 0.329 e. The number of nitrogens with zero attached hydrogens (tertiary/aromatic N) is 2. The fraction of sp³-hybridized carbons (Fsp3) is 0.652. The van der Waals surface area contributed by atoms with Gasteiger partial charge in [-0.05, 0) is 74.8 Å². The van der Waals surface area contributed by atoms with Gasteiger partial charge in [0.2, 0.25) is 5.91 Å². The molecule has 0 spiro atoms. The molecule has 28 heavy (non-hydrogen) atoms. The van der Waals surface area contributed by atoms with E-state index in [1.807, 2.05) is 28.8 Å². The number of hydrogen-bond donors (Lipinski definition) is 1. The Bertz CT molecular complexity index is 919. The summed E-state index contributed by atoms with van der Waals surface area (Å²) in [6.07, 6.45) is 8.92. The number of aryl methyl sites for hydroxylation is 2. The van der Waals surface area contributed by atoms with Crippen molar-refractivity contribution < 1.29 is 4.79 Å². The number of fused-ring (bicyclic) bond motifs is 1. The van der Waals surface area contributed by atoms with E-state index < -0.39 is 0 Å². The first kappa shape index (κ1) is 18.0. The van der Waals surface area contributed by atoms with Gasteiger partial charge >= 0.3 is 5.69 Å². The minimum Gasteiger partial charge on any atom is -0.351 e. The van der Waals surface area contributed by atoms with Gasteiger partial charge in [-0.25, -0.2) is 4.79 Å². The van der Waals surface area contributed by atoms with E-state index in [0.717, 1.165) is 35.2 Å². The van der Waals surface area contributed by atoms with E-state index in [0.29, 0.717) is 19.5 Å². The summed E-state index contributed by atoms with van der Waals surface area (Å²) in [5.41, 5.74) is 1.96. The van der Waals surface area contributed by atoms with Gasteiger partial charge in [0.05, 0.1) is 11.0 Å². The predicted octanol–water partition coefficient (Wildman–Crippen LogP) is 3.69. The quantitative estimate of drug-likeness (QED) is 0.830. The number of hydrogen-bond acceptors (Lipinski definition) is 2. The highest BCUT2D eigenvalue weighted by atomic mass is 16.2. The Hall–Kier alpha value is -2.04. The van der Waals surface area contributed by atoms with Crippen LogP contribution in [0.1, 0.15) is 58.3 Å². The van der Waals surface area contributed by atoms with Crippen LogP contribution in [0.2, 0.25) is 0 Å². The molecule has 1 aromatic heterocycles. The van der Waals surface area contributed by atoms with Crippen LogP contribution in [0.3, 0.4) is 0 Å². The number of imidazole rings is 1. The van der Waals surface area contributed by atoms with E-state index in [1.165, 1.54) is 38.5 Å². The van der Waals surface area contributed by atoms with Crippen molar-refractivity contribution in [2.75, 3.05) is 0 Å². The van der Waals surface area contributed by atoms with Gasteiger partial charge in [0.15, 0.2) is 0 Å². The number of carbonyl (C=O) groups excluding carboxylic acids is 1. The van der Waals surface area contributed by atoms with Gasteiger partial charge in [-0.3, -0.25) is 13.9 Å². The van der Waals surface area contributed by atoms with Crippen LogP contribution in [-0.4, -0.2) is 20.6 Å². The highest BCUT2D eigenvalue weighted by molar-refractivity contribution is 5.78. The lowest BCUT2D eigenvalue weighted by Gasteiger charge is -2.56. The Labute approximate surface area is 166 Å². The van der Waals surface area contributed by atoms with E-state index in [4.69, 9.17) is 0 Å². The predicted molar refractivity (Wildman–Crippen MR) is 110 cm³/mol. The van der Waals surface area contributed by atoms with Crippen LogP contribution in [0, 0.1) is 17.8 Å². The zero-order chi connectivity index (χ0) is 19.3. The zero-order valence-electron chi connectivity index (χ0n) is 16.8. The molecule has 6 rings (SSSR count). The van der Waals surface area contributed by atoms with Gasteiger partial charge in [-0.2, -0.15) is 0 Å². The number of para-hydroxylation sites is 2. The first-order chi connectivity index (χ1) is 13.6. The summed E-state index contributed by atoms with van der Waals surface area (Å²) in [5.74, 6) is 2.57. The molecule has 1 amide bonds. The summed E-state index contributed by atoms with van der Waals surface area (Å²) in [6, 6.07) is 7.92. The maximum absolute atomic E-state index is 12.9. The van der Waals surface area contributed by atoms with Crippen molar-refractivity contribution in [2.45, 2.75) is 76.9 Å². The Balaban J connectivity index is 1.31. The molecule has 0 aliphatic heterocycles. The van der Waals surface area contributed by atoms with Crippen LogP contribution in [0.5, 0.6) is 0 Å². The smallest absolute Gasteiger partial charge is 0.329 e. The van der Waals surface area contributed by atoms with Gasteiger partial charge in [0.1, 0.15) is 0 Å². The Morgan fingerprint density at radius 1 is 1.00 bits per heavy atom. The van der Waals surface area contributed by atoms with Crippen molar-refractivity contribution in [1.29, 1.82) is 0 Å². The third-order valence-corrected chi connectivity index (χ3v) is 7.38. The molecule has 5 nitrogen and oxygen atoms in total. The maximum atomic E-state index is 12.9.